The van der Waals surface area contributed by atoms with Crippen LogP contribution in [0.3, 0.4) is 0 Å². The Labute approximate surface area is 124 Å². The molecular weight excluding hydrogens is 244 g/mol. The van der Waals surface area contributed by atoms with Gasteiger partial charge in [-0.15, -0.1) is 0 Å². The Morgan fingerprint density at radius 1 is 1.00 bits per heavy atom. The van der Waals surface area contributed by atoms with Crippen molar-refractivity contribution in [3.8, 4) is 0 Å². The summed E-state index contributed by atoms with van der Waals surface area (Å²) in [5.41, 5.74) is 1.09. The number of benzene rings is 1. The van der Waals surface area contributed by atoms with Gasteiger partial charge in [0.15, 0.2) is 0 Å². The largest absolute Gasteiger partial charge is 0.390 e. The molecule has 0 spiro atoms. The number of aliphatic hydroxyl groups is 1. The second-order valence-corrected chi connectivity index (χ2v) is 6.57. The van der Waals surface area contributed by atoms with Crippen molar-refractivity contribution in [1.82, 2.24) is 0 Å². The summed E-state index contributed by atoms with van der Waals surface area (Å²) < 4.78 is 0. The molecule has 0 bridgehead atoms. The van der Waals surface area contributed by atoms with Crippen LogP contribution in [0, 0.1) is 0 Å². The van der Waals surface area contributed by atoms with Gasteiger partial charge in [-0.2, -0.15) is 0 Å². The van der Waals surface area contributed by atoms with Crippen molar-refractivity contribution in [3.05, 3.63) is 35.9 Å². The van der Waals surface area contributed by atoms with Crippen molar-refractivity contribution in [3.63, 3.8) is 0 Å². The van der Waals surface area contributed by atoms with Gasteiger partial charge in [0, 0.05) is 0 Å². The Morgan fingerprint density at radius 3 is 2.30 bits per heavy atom. The van der Waals surface area contributed by atoms with E-state index in [1.54, 1.807) is 0 Å². The Kier molecular flexibility index (Phi) is 6.09. The lowest BCUT2D eigenvalue weighted by Gasteiger charge is -2.36. The maximum atomic E-state index is 10.7. The molecule has 1 fully saturated rings. The summed E-state index contributed by atoms with van der Waals surface area (Å²) in [6.07, 6.45) is 11.7. The molecule has 1 aliphatic rings. The molecule has 1 saturated carbocycles. The van der Waals surface area contributed by atoms with Gasteiger partial charge in [0.1, 0.15) is 0 Å². The smallest absolute Gasteiger partial charge is 0.0648 e. The zero-order chi connectivity index (χ0) is 14.3. The van der Waals surface area contributed by atoms with Crippen LogP contribution in [0.2, 0.25) is 0 Å². The molecule has 1 aromatic carbocycles. The fourth-order valence-corrected chi connectivity index (χ4v) is 3.52. The summed E-state index contributed by atoms with van der Waals surface area (Å²) in [5.74, 6) is 0.663. The zero-order valence-electron chi connectivity index (χ0n) is 13.0. The summed E-state index contributed by atoms with van der Waals surface area (Å²) in [4.78, 5) is 0. The second-order valence-electron chi connectivity index (χ2n) is 6.57. The van der Waals surface area contributed by atoms with E-state index < -0.39 is 0 Å². The van der Waals surface area contributed by atoms with Gasteiger partial charge < -0.3 is 5.11 Å². The molecule has 0 saturated heterocycles. The third-order valence-corrected chi connectivity index (χ3v) is 4.93. The Morgan fingerprint density at radius 2 is 1.65 bits per heavy atom. The average molecular weight is 274 g/mol. The van der Waals surface area contributed by atoms with Crippen molar-refractivity contribution in [2.75, 3.05) is 0 Å². The van der Waals surface area contributed by atoms with Gasteiger partial charge in [0.05, 0.1) is 5.60 Å². The molecule has 0 aromatic heterocycles. The van der Waals surface area contributed by atoms with Crippen LogP contribution in [-0.2, 0) is 0 Å². The van der Waals surface area contributed by atoms with Crippen LogP contribution in [0.5, 0.6) is 0 Å². The molecule has 0 radical (unpaired) electrons. The molecule has 112 valence electrons. The first-order chi connectivity index (χ1) is 9.73. The van der Waals surface area contributed by atoms with E-state index in [2.05, 4.69) is 37.3 Å². The molecule has 0 amide bonds. The van der Waals surface area contributed by atoms with Crippen LogP contribution < -0.4 is 0 Å². The van der Waals surface area contributed by atoms with E-state index in [1.807, 2.05) is 0 Å². The first-order valence-corrected chi connectivity index (χ1v) is 8.51. The predicted molar refractivity (Wildman–Crippen MR) is 86.0 cm³/mol. The van der Waals surface area contributed by atoms with Crippen molar-refractivity contribution in [2.24, 2.45) is 0 Å². The molecule has 1 nitrogen and oxygen atoms in total. The number of hydrogen-bond acceptors (Lipinski definition) is 1. The minimum atomic E-state index is -0.364. The summed E-state index contributed by atoms with van der Waals surface area (Å²) >= 11 is 0. The summed E-state index contributed by atoms with van der Waals surface area (Å²) in [7, 11) is 0. The first-order valence-electron chi connectivity index (χ1n) is 8.51. The van der Waals surface area contributed by atoms with Crippen molar-refractivity contribution < 1.29 is 5.11 Å². The van der Waals surface area contributed by atoms with Crippen molar-refractivity contribution >= 4 is 0 Å². The molecule has 2 rings (SSSR count). The molecule has 0 unspecified atom stereocenters. The topological polar surface area (TPSA) is 20.2 Å². The quantitative estimate of drug-likeness (QED) is 0.657. The van der Waals surface area contributed by atoms with E-state index in [0.717, 1.165) is 32.1 Å². The summed E-state index contributed by atoms with van der Waals surface area (Å²) in [6, 6.07) is 10.8. The van der Waals surface area contributed by atoms with E-state index in [4.69, 9.17) is 0 Å². The van der Waals surface area contributed by atoms with Gasteiger partial charge in [-0.25, -0.2) is 0 Å². The van der Waals surface area contributed by atoms with Crippen LogP contribution >= 0.6 is 0 Å². The highest BCUT2D eigenvalue weighted by atomic mass is 16.3. The second kappa shape index (κ2) is 7.83. The summed E-state index contributed by atoms with van der Waals surface area (Å²) in [6.45, 7) is 2.25. The van der Waals surface area contributed by atoms with Gasteiger partial charge in [-0.05, 0) is 43.6 Å². The molecule has 1 N–H and O–H groups in total. The minimum absolute atomic E-state index is 0.364. The Hall–Kier alpha value is -0.820. The SMILES string of the molecule is CCCCCCCC1(O)CCC(c2ccccc2)CC1. The van der Waals surface area contributed by atoms with E-state index in [-0.39, 0.29) is 5.60 Å². The van der Waals surface area contributed by atoms with Crippen LogP contribution in [0.25, 0.3) is 0 Å². The van der Waals surface area contributed by atoms with Gasteiger partial charge >= 0.3 is 0 Å². The Bertz CT molecular complexity index is 363. The average Bonchev–Trinajstić information content (AvgIpc) is 2.49. The molecule has 0 heterocycles. The normalized spacial score (nSPS) is 26.6. The summed E-state index contributed by atoms with van der Waals surface area (Å²) in [5, 5.41) is 10.7. The highest BCUT2D eigenvalue weighted by Crippen LogP contribution is 2.40. The number of rotatable bonds is 7. The van der Waals surface area contributed by atoms with E-state index in [9.17, 15) is 5.11 Å². The van der Waals surface area contributed by atoms with Gasteiger partial charge in [-0.3, -0.25) is 0 Å². The molecule has 0 atom stereocenters. The third kappa shape index (κ3) is 4.63. The number of hydrogen-bond donors (Lipinski definition) is 1. The van der Waals surface area contributed by atoms with E-state index in [1.165, 1.54) is 37.7 Å². The van der Waals surface area contributed by atoms with Crippen LogP contribution in [-0.4, -0.2) is 10.7 Å². The molecule has 1 aromatic rings. The van der Waals surface area contributed by atoms with Crippen LogP contribution in [0.4, 0.5) is 0 Å². The van der Waals surface area contributed by atoms with Gasteiger partial charge in [0.2, 0.25) is 0 Å². The van der Waals surface area contributed by atoms with Crippen LogP contribution in [0.1, 0.15) is 82.6 Å². The maximum Gasteiger partial charge on any atom is 0.0648 e. The van der Waals surface area contributed by atoms with Gasteiger partial charge in [0.25, 0.3) is 0 Å². The highest BCUT2D eigenvalue weighted by Gasteiger charge is 2.32. The fourth-order valence-electron chi connectivity index (χ4n) is 3.52. The lowest BCUT2D eigenvalue weighted by Crippen LogP contribution is -2.33. The first kappa shape index (κ1) is 15.6. The van der Waals surface area contributed by atoms with Gasteiger partial charge in [-0.1, -0.05) is 69.4 Å². The number of unbranched alkanes of at least 4 members (excludes halogenated alkanes) is 4. The molecule has 1 heteroatoms. The fraction of sp³-hybridized carbons (Fsp3) is 0.684. The molecule has 20 heavy (non-hydrogen) atoms. The lowest BCUT2D eigenvalue weighted by molar-refractivity contribution is -0.0105. The lowest BCUT2D eigenvalue weighted by atomic mass is 9.74. The standard InChI is InChI=1S/C19H30O/c1-2-3-4-5-9-14-19(20)15-12-18(13-16-19)17-10-7-6-8-11-17/h6-8,10-11,18,20H,2-5,9,12-16H2,1H3. The van der Waals surface area contributed by atoms with Crippen LogP contribution in [0.15, 0.2) is 30.3 Å². The zero-order valence-corrected chi connectivity index (χ0v) is 13.0. The van der Waals surface area contributed by atoms with E-state index in [0.29, 0.717) is 5.92 Å². The Balaban J connectivity index is 1.72. The highest BCUT2D eigenvalue weighted by molar-refractivity contribution is 5.20. The van der Waals surface area contributed by atoms with Crippen molar-refractivity contribution in [1.29, 1.82) is 0 Å². The molecule has 1 aliphatic carbocycles. The minimum Gasteiger partial charge on any atom is -0.390 e. The molecule has 0 aliphatic heterocycles. The molecular formula is C19H30O. The maximum absolute atomic E-state index is 10.7. The van der Waals surface area contributed by atoms with Crippen molar-refractivity contribution in [2.45, 2.75) is 82.7 Å². The van der Waals surface area contributed by atoms with E-state index >= 15 is 0 Å². The third-order valence-electron chi connectivity index (χ3n) is 4.93. The monoisotopic (exact) mass is 274 g/mol. The predicted octanol–water partition coefficient (Wildman–Crippen LogP) is 5.44.